The molecule has 4 heterocycles. The second-order valence-corrected chi connectivity index (χ2v) is 18.8. The number of hydrogen-bond donors (Lipinski definition) is 16. The van der Waals surface area contributed by atoms with Gasteiger partial charge in [-0.3, -0.25) is 4.79 Å². The van der Waals surface area contributed by atoms with Crippen LogP contribution in [0.15, 0.2) is 91.0 Å². The third-order valence-electron chi connectivity index (χ3n) is 14.4. The van der Waals surface area contributed by atoms with Gasteiger partial charge in [-0.05, 0) is 70.8 Å². The average Bonchev–Trinajstić information content (AvgIpc) is 3.35. The molecule has 0 aliphatic carbocycles. The predicted molar refractivity (Wildman–Crippen MR) is 254 cm³/mol. The van der Waals surface area contributed by atoms with Gasteiger partial charge >= 0.3 is 5.97 Å². The van der Waals surface area contributed by atoms with E-state index in [1.165, 1.54) is 36.4 Å². The molecule has 21 nitrogen and oxygen atoms in total. The molecule has 0 saturated heterocycles. The van der Waals surface area contributed by atoms with Gasteiger partial charge in [0.15, 0.2) is 58.2 Å². The van der Waals surface area contributed by atoms with E-state index in [0.29, 0.717) is 0 Å². The van der Waals surface area contributed by atoms with Crippen molar-refractivity contribution in [2.45, 2.75) is 67.2 Å². The molecule has 11 rings (SSSR count). The number of benzene rings is 7. The van der Waals surface area contributed by atoms with Crippen molar-refractivity contribution in [1.82, 2.24) is 0 Å². The van der Waals surface area contributed by atoms with Crippen molar-refractivity contribution in [1.29, 1.82) is 0 Å². The van der Waals surface area contributed by atoms with E-state index in [1.54, 1.807) is 0 Å². The summed E-state index contributed by atoms with van der Waals surface area (Å²) in [5.41, 5.74) is -1.30. The lowest BCUT2D eigenvalue weighted by Crippen LogP contribution is -2.39. The van der Waals surface area contributed by atoms with Crippen molar-refractivity contribution in [3.05, 3.63) is 147 Å². The smallest absolute Gasteiger partial charge is 0.312 e. The van der Waals surface area contributed by atoms with Gasteiger partial charge in [0.1, 0.15) is 70.1 Å². The van der Waals surface area contributed by atoms with Crippen LogP contribution in [0.25, 0.3) is 0 Å². The largest absolute Gasteiger partial charge is 0.507 e. The van der Waals surface area contributed by atoms with E-state index in [1.807, 2.05) is 0 Å². The van der Waals surface area contributed by atoms with E-state index >= 15 is 0 Å². The molecule has 7 aromatic rings. The number of aromatic hydroxyl groups is 13. The zero-order valence-electron chi connectivity index (χ0n) is 38.5. The fraction of sp³-hybridized carbons (Fsp3) is 0.204. The highest BCUT2D eigenvalue weighted by atomic mass is 16.5. The van der Waals surface area contributed by atoms with E-state index in [4.69, 9.17) is 18.9 Å². The summed E-state index contributed by atoms with van der Waals surface area (Å²) >= 11 is 0. The van der Waals surface area contributed by atoms with Crippen LogP contribution in [0.2, 0.25) is 0 Å². The minimum absolute atomic E-state index is 0.00699. The minimum atomic E-state index is -1.99. The Bertz CT molecular complexity index is 3540. The maximum atomic E-state index is 13.3. The van der Waals surface area contributed by atoms with Gasteiger partial charge in [0.2, 0.25) is 0 Å². The standard InChI is InChI=1S/C54H44O21/c55-24-5-1-18(9-29(24)60)22-14-39(69)72-38-17-36(67)44-46(48(71)50(74-53(44)40(22)38)20-3-7-26(57)31(62)11-20)43-35(66)16-34(65)42-45(47(70)51(75-54(42)43)21-4-8-27(58)32(63)12-21)41-33(64)15-28(59)23-13-37(68)49(73-52(23)41)19-2-6-25(56)30(61)10-19/h1-12,15-17,22,37,45-51,55-68,70-71H,13-14H2/t22-,37-,45+,46+,47-,48-,49-,50-,51-/m1/s1. The topological polar surface area (TPSA) is 378 Å². The maximum absolute atomic E-state index is 13.3. The molecule has 0 radical (unpaired) electrons. The molecule has 4 aliphatic heterocycles. The van der Waals surface area contributed by atoms with Gasteiger partial charge in [0, 0.05) is 63.9 Å². The Morgan fingerprint density at radius 1 is 0.360 bits per heavy atom. The number of aliphatic hydroxyl groups excluding tert-OH is 3. The number of rotatable bonds is 6. The lowest BCUT2D eigenvalue weighted by molar-refractivity contribution is -0.135. The van der Waals surface area contributed by atoms with Crippen LogP contribution < -0.4 is 18.9 Å². The van der Waals surface area contributed by atoms with E-state index in [2.05, 4.69) is 0 Å². The molecular weight excluding hydrogens is 985 g/mol. The highest BCUT2D eigenvalue weighted by Crippen LogP contribution is 2.64. The number of phenolic OH excluding ortho intramolecular Hbond substituents is 13. The number of ether oxygens (including phenoxy) is 4. The zero-order valence-corrected chi connectivity index (χ0v) is 38.5. The number of aliphatic hydroxyl groups is 3. The molecule has 16 N–H and O–H groups in total. The first kappa shape index (κ1) is 48.0. The van der Waals surface area contributed by atoms with Crippen molar-refractivity contribution < 1.29 is 105 Å². The Hall–Kier alpha value is -9.31. The summed E-state index contributed by atoms with van der Waals surface area (Å²) in [5, 5.41) is 181. The summed E-state index contributed by atoms with van der Waals surface area (Å²) in [5.74, 6) is -15.2. The van der Waals surface area contributed by atoms with Crippen molar-refractivity contribution in [3.63, 3.8) is 0 Å². The molecule has 386 valence electrons. The highest BCUT2D eigenvalue weighted by molar-refractivity contribution is 5.81. The van der Waals surface area contributed by atoms with Crippen LogP contribution in [0.5, 0.6) is 97.7 Å². The Morgan fingerprint density at radius 2 is 0.733 bits per heavy atom. The molecule has 0 fully saturated rings. The number of fused-ring (bicyclic) bond motifs is 5. The van der Waals surface area contributed by atoms with Crippen LogP contribution in [0.1, 0.15) is 98.1 Å². The number of hydrogen-bond acceptors (Lipinski definition) is 21. The first-order valence-electron chi connectivity index (χ1n) is 23.1. The van der Waals surface area contributed by atoms with Gasteiger partial charge in [-0.25, -0.2) is 0 Å². The van der Waals surface area contributed by atoms with Crippen molar-refractivity contribution >= 4 is 5.97 Å². The van der Waals surface area contributed by atoms with E-state index in [0.717, 1.165) is 54.6 Å². The number of carbonyl (C=O) groups is 1. The molecule has 9 atom stereocenters. The fourth-order valence-corrected chi connectivity index (χ4v) is 10.9. The van der Waals surface area contributed by atoms with Crippen LogP contribution in [-0.4, -0.2) is 106 Å². The molecule has 0 amide bonds. The summed E-state index contributed by atoms with van der Waals surface area (Å²) < 4.78 is 25.3. The number of phenols is 13. The maximum Gasteiger partial charge on any atom is 0.312 e. The predicted octanol–water partition coefficient (Wildman–Crippen LogP) is 5.59. The van der Waals surface area contributed by atoms with Crippen LogP contribution >= 0.6 is 0 Å². The van der Waals surface area contributed by atoms with Crippen LogP contribution in [0, 0.1) is 0 Å². The van der Waals surface area contributed by atoms with Gasteiger partial charge in [-0.2, -0.15) is 0 Å². The third-order valence-corrected chi connectivity index (χ3v) is 14.4. The molecule has 0 unspecified atom stereocenters. The summed E-state index contributed by atoms with van der Waals surface area (Å²) in [4.78, 5) is 13.3. The van der Waals surface area contributed by atoms with Gasteiger partial charge < -0.3 is 101 Å². The van der Waals surface area contributed by atoms with Crippen molar-refractivity contribution in [2.75, 3.05) is 0 Å². The second-order valence-electron chi connectivity index (χ2n) is 18.8. The number of esters is 1. The van der Waals surface area contributed by atoms with Gasteiger partial charge in [-0.1, -0.05) is 24.3 Å². The molecule has 0 aromatic heterocycles. The Labute approximate surface area is 421 Å². The lowest BCUT2D eigenvalue weighted by Gasteiger charge is -2.44. The fourth-order valence-electron chi connectivity index (χ4n) is 10.9. The third kappa shape index (κ3) is 7.62. The Morgan fingerprint density at radius 3 is 1.20 bits per heavy atom. The van der Waals surface area contributed by atoms with Crippen molar-refractivity contribution in [2.24, 2.45) is 0 Å². The first-order chi connectivity index (χ1) is 35.7. The molecule has 0 saturated carbocycles. The van der Waals surface area contributed by atoms with Gasteiger partial charge in [0.25, 0.3) is 0 Å². The summed E-state index contributed by atoms with van der Waals surface area (Å²) in [6.07, 6.45) is -11.0. The second kappa shape index (κ2) is 17.4. The number of carbonyl (C=O) groups excluding carboxylic acids is 1. The molecule has 75 heavy (non-hydrogen) atoms. The van der Waals surface area contributed by atoms with Gasteiger partial charge in [0.05, 0.1) is 24.4 Å². The van der Waals surface area contributed by atoms with Gasteiger partial charge in [-0.15, -0.1) is 0 Å². The van der Waals surface area contributed by atoms with Crippen molar-refractivity contribution in [3.8, 4) is 97.7 Å². The molecular formula is C54H44O21. The lowest BCUT2D eigenvalue weighted by atomic mass is 9.72. The Balaban J connectivity index is 1.19. The zero-order chi connectivity index (χ0) is 53.2. The molecule has 4 aliphatic rings. The SMILES string of the molecule is O=C1C[C@H](c2ccc(O)c(O)c2)c2c(cc(O)c3c2O[C@H](c2ccc(O)c(O)c2)[C@H](O)[C@H]3c2c(O)cc(O)c3c2O[C@H](c2ccc(O)c(O)c2)[C@H](O)[C@H]3c2c(O)cc(O)c3c2O[C@H](c2ccc(O)c(O)c2)[C@H](O)C3)O1. The Kier molecular flexibility index (Phi) is 11.2. The first-order valence-corrected chi connectivity index (χ1v) is 23.1. The monoisotopic (exact) mass is 1030 g/mol. The molecule has 0 spiro atoms. The van der Waals surface area contributed by atoms with E-state index in [-0.39, 0.29) is 68.2 Å². The molecule has 7 aromatic carbocycles. The van der Waals surface area contributed by atoms with Crippen LogP contribution in [-0.2, 0) is 11.2 Å². The van der Waals surface area contributed by atoms with Crippen LogP contribution in [0.3, 0.4) is 0 Å². The average molecular weight is 1030 g/mol. The highest BCUT2D eigenvalue weighted by Gasteiger charge is 2.52. The summed E-state index contributed by atoms with van der Waals surface area (Å²) in [6.45, 7) is 0. The minimum Gasteiger partial charge on any atom is -0.507 e. The summed E-state index contributed by atoms with van der Waals surface area (Å²) in [7, 11) is 0. The summed E-state index contributed by atoms with van der Waals surface area (Å²) in [6, 6.07) is 16.9. The van der Waals surface area contributed by atoms with E-state index in [9.17, 15) is 86.5 Å². The quantitative estimate of drug-likeness (QED) is 0.0548. The molecule has 0 bridgehead atoms. The molecule has 21 heteroatoms. The normalized spacial score (nSPS) is 23.5. The van der Waals surface area contributed by atoms with Crippen LogP contribution in [0.4, 0.5) is 0 Å². The van der Waals surface area contributed by atoms with E-state index < -0.39 is 158 Å².